The summed E-state index contributed by atoms with van der Waals surface area (Å²) in [5.41, 5.74) is 19.8. The standard InChI is InChI=1S/C45H61N11O11S/c1-5-22(2)37(48)43(64)54-31(16-24-20-49-28-12-8-6-10-26(24)28)40(61)52-33(19-36(47)59)42(63)53-32(18-35(46)58)41(62)51-30(14-15-68-4)39(60)56-38(23(3)57)44(65)55-34(45(66)67)17-25-21-50-29-13-9-7-11-27(25)29/h6-13,20-23,30-34,37-38,49-50,57H,5,14-19,48H2,1-4H3,(H2,46,58)(H2,47,59)(H,51,62)(H,52,61)(H,53,63)(H,54,64)(H,55,65)(H,56,60)(H,66,67)/t22-,23+,30-,31-,32-,33-,34-,37-,38-/m0/s1. The van der Waals surface area contributed by atoms with Gasteiger partial charge in [-0.25, -0.2) is 4.79 Å². The van der Waals surface area contributed by atoms with Gasteiger partial charge in [0.1, 0.15) is 36.3 Å². The number of aliphatic hydroxyl groups is 1. The van der Waals surface area contributed by atoms with Crippen molar-refractivity contribution in [2.24, 2.45) is 23.1 Å². The van der Waals surface area contributed by atoms with Crippen molar-refractivity contribution in [2.45, 2.75) is 108 Å². The fourth-order valence-corrected chi connectivity index (χ4v) is 7.76. The molecule has 23 heteroatoms. The Labute approximate surface area is 395 Å². The first-order valence-corrected chi connectivity index (χ1v) is 23.3. The molecular formula is C45H61N11O11S. The molecule has 0 aliphatic carbocycles. The number of aromatic amines is 2. The van der Waals surface area contributed by atoms with E-state index in [1.807, 2.05) is 13.0 Å². The molecule has 9 atom stereocenters. The first-order chi connectivity index (χ1) is 32.2. The summed E-state index contributed by atoms with van der Waals surface area (Å²) in [7, 11) is 0. The molecule has 2 aromatic heterocycles. The monoisotopic (exact) mass is 963 g/mol. The van der Waals surface area contributed by atoms with Crippen LogP contribution in [0.3, 0.4) is 0 Å². The highest BCUT2D eigenvalue weighted by atomic mass is 32.2. The Balaban J connectivity index is 1.52. The quantitative estimate of drug-likeness (QED) is 0.0331. The predicted molar refractivity (Wildman–Crippen MR) is 253 cm³/mol. The number of carbonyl (C=O) groups is 9. The van der Waals surface area contributed by atoms with E-state index in [9.17, 15) is 53.4 Å². The molecule has 0 saturated carbocycles. The average Bonchev–Trinajstić information content (AvgIpc) is 3.90. The average molecular weight is 964 g/mol. The van der Waals surface area contributed by atoms with Crippen molar-refractivity contribution < 1.29 is 53.4 Å². The van der Waals surface area contributed by atoms with Crippen LogP contribution >= 0.6 is 11.8 Å². The number of H-pyrrole nitrogens is 2. The molecule has 22 nitrogen and oxygen atoms in total. The number of thioether (sulfide) groups is 1. The number of nitrogens with two attached hydrogens (primary N) is 3. The zero-order valence-electron chi connectivity index (χ0n) is 38.1. The van der Waals surface area contributed by atoms with Gasteiger partial charge in [0.05, 0.1) is 25.0 Å². The van der Waals surface area contributed by atoms with Gasteiger partial charge in [-0.05, 0) is 54.5 Å². The van der Waals surface area contributed by atoms with E-state index in [0.717, 1.165) is 21.8 Å². The Morgan fingerprint density at radius 3 is 1.50 bits per heavy atom. The lowest BCUT2D eigenvalue weighted by molar-refractivity contribution is -0.143. The van der Waals surface area contributed by atoms with Crippen molar-refractivity contribution >= 4 is 86.8 Å². The number of amides is 8. The van der Waals surface area contributed by atoms with Crippen molar-refractivity contribution in [3.63, 3.8) is 0 Å². The lowest BCUT2D eigenvalue weighted by Gasteiger charge is -2.28. The van der Waals surface area contributed by atoms with E-state index in [-0.39, 0.29) is 30.9 Å². The van der Waals surface area contributed by atoms with Crippen LogP contribution in [-0.2, 0) is 56.0 Å². The maximum absolute atomic E-state index is 14.0. The SMILES string of the molecule is CC[C@H](C)[C@H](N)C(=O)N[C@@H](Cc1c[nH]c2ccccc12)C(=O)N[C@@H](CC(N)=O)C(=O)N[C@@H](CC(N)=O)C(=O)N[C@@H](CCSC)C(=O)N[C@H](C(=O)N[C@@H](Cc1c[nH]c2ccccc12)C(=O)O)[C@@H](C)O. The van der Waals surface area contributed by atoms with E-state index < -0.39 is 114 Å². The summed E-state index contributed by atoms with van der Waals surface area (Å²) in [6.07, 6.45) is 2.02. The Bertz CT molecular complexity index is 2460. The van der Waals surface area contributed by atoms with Crippen LogP contribution in [0.15, 0.2) is 60.9 Å². The van der Waals surface area contributed by atoms with Crippen molar-refractivity contribution in [1.29, 1.82) is 0 Å². The van der Waals surface area contributed by atoms with E-state index in [4.69, 9.17) is 17.2 Å². The summed E-state index contributed by atoms with van der Waals surface area (Å²) < 4.78 is 0. The van der Waals surface area contributed by atoms with Crippen LogP contribution < -0.4 is 49.1 Å². The normalized spacial score (nSPS) is 15.3. The molecule has 0 bridgehead atoms. The highest BCUT2D eigenvalue weighted by Gasteiger charge is 2.36. The summed E-state index contributed by atoms with van der Waals surface area (Å²) >= 11 is 1.29. The fraction of sp³-hybridized carbons (Fsp3) is 0.444. The van der Waals surface area contributed by atoms with Crippen molar-refractivity contribution in [1.82, 2.24) is 41.9 Å². The van der Waals surface area contributed by atoms with Crippen LogP contribution in [0.2, 0.25) is 0 Å². The van der Waals surface area contributed by atoms with E-state index in [2.05, 4.69) is 41.9 Å². The van der Waals surface area contributed by atoms with E-state index in [0.29, 0.717) is 17.5 Å². The lowest BCUT2D eigenvalue weighted by atomic mass is 9.98. The molecular weight excluding hydrogens is 903 g/mol. The number of nitrogens with one attached hydrogen (secondary N) is 8. The zero-order chi connectivity index (χ0) is 50.2. The summed E-state index contributed by atoms with van der Waals surface area (Å²) in [6.45, 7) is 4.80. The fourth-order valence-electron chi connectivity index (χ4n) is 7.29. The maximum atomic E-state index is 14.0. The van der Waals surface area contributed by atoms with Gasteiger partial charge < -0.3 is 69.3 Å². The van der Waals surface area contributed by atoms with Crippen molar-refractivity contribution in [3.8, 4) is 0 Å². The summed E-state index contributed by atoms with van der Waals surface area (Å²) in [6, 6.07) is 3.77. The Hall–Kier alpha value is -6.98. The molecule has 16 N–H and O–H groups in total. The number of benzene rings is 2. The number of primary amides is 2. The number of aliphatic hydroxyl groups excluding tert-OH is 1. The van der Waals surface area contributed by atoms with E-state index >= 15 is 0 Å². The molecule has 8 amide bonds. The van der Waals surface area contributed by atoms with Gasteiger partial charge in [0.15, 0.2) is 0 Å². The molecule has 2 heterocycles. The maximum Gasteiger partial charge on any atom is 0.326 e. The molecule has 4 aromatic rings. The highest BCUT2D eigenvalue weighted by Crippen LogP contribution is 2.21. The third-order valence-electron chi connectivity index (χ3n) is 11.4. The predicted octanol–water partition coefficient (Wildman–Crippen LogP) is -1.31. The van der Waals surface area contributed by atoms with Crippen LogP contribution in [0.1, 0.15) is 57.6 Å². The smallest absolute Gasteiger partial charge is 0.326 e. The lowest BCUT2D eigenvalue weighted by Crippen LogP contribution is -2.61. The molecule has 0 spiro atoms. The van der Waals surface area contributed by atoms with Crippen LogP contribution in [0.25, 0.3) is 21.8 Å². The Morgan fingerprint density at radius 1 is 0.618 bits per heavy atom. The summed E-state index contributed by atoms with van der Waals surface area (Å²) in [5, 5.41) is 36.7. The Kier molecular flexibility index (Phi) is 19.9. The second kappa shape index (κ2) is 25.2. The molecule has 0 aliphatic rings. The molecule has 2 aromatic carbocycles. The zero-order valence-corrected chi connectivity index (χ0v) is 38.9. The second-order valence-electron chi connectivity index (χ2n) is 16.5. The molecule has 0 aliphatic heterocycles. The molecule has 0 fully saturated rings. The first-order valence-electron chi connectivity index (χ1n) is 21.9. The number of carbonyl (C=O) groups excluding carboxylic acids is 8. The highest BCUT2D eigenvalue weighted by molar-refractivity contribution is 7.98. The number of hydrogen-bond acceptors (Lipinski definition) is 12. The molecule has 0 radical (unpaired) electrons. The third kappa shape index (κ3) is 15.0. The number of rotatable bonds is 27. The van der Waals surface area contributed by atoms with Gasteiger partial charge in [-0.15, -0.1) is 0 Å². The van der Waals surface area contributed by atoms with Gasteiger partial charge in [0.25, 0.3) is 0 Å². The van der Waals surface area contributed by atoms with Crippen LogP contribution in [0.5, 0.6) is 0 Å². The minimum atomic E-state index is -1.80. The molecule has 0 unspecified atom stereocenters. The number of carboxylic acid groups (broad SMARTS) is 1. The number of hydrogen-bond donors (Lipinski definition) is 13. The molecule has 68 heavy (non-hydrogen) atoms. The van der Waals surface area contributed by atoms with Gasteiger partial charge >= 0.3 is 5.97 Å². The minimum Gasteiger partial charge on any atom is -0.480 e. The van der Waals surface area contributed by atoms with Gasteiger partial charge in [0, 0.05) is 47.0 Å². The van der Waals surface area contributed by atoms with Crippen LogP contribution in [0.4, 0.5) is 0 Å². The van der Waals surface area contributed by atoms with Gasteiger partial charge in [-0.1, -0.05) is 56.7 Å². The van der Waals surface area contributed by atoms with Gasteiger partial charge in [-0.2, -0.15) is 11.8 Å². The molecule has 0 saturated heterocycles. The second-order valence-corrected chi connectivity index (χ2v) is 17.5. The number of carboxylic acids is 1. The van der Waals surface area contributed by atoms with Crippen molar-refractivity contribution in [3.05, 3.63) is 72.1 Å². The summed E-state index contributed by atoms with van der Waals surface area (Å²) in [4.78, 5) is 125. The number of fused-ring (bicyclic) bond motifs is 2. The summed E-state index contributed by atoms with van der Waals surface area (Å²) in [5.74, 6) is -9.40. The van der Waals surface area contributed by atoms with Crippen LogP contribution in [-0.4, -0.2) is 134 Å². The van der Waals surface area contributed by atoms with E-state index in [1.165, 1.54) is 18.7 Å². The third-order valence-corrected chi connectivity index (χ3v) is 12.0. The van der Waals surface area contributed by atoms with Gasteiger partial charge in [-0.3, -0.25) is 38.4 Å². The first kappa shape index (κ1) is 53.6. The number of aliphatic carboxylic acids is 1. The molecule has 4 rings (SSSR count). The number of para-hydroxylation sites is 2. The van der Waals surface area contributed by atoms with E-state index in [1.54, 1.807) is 68.0 Å². The molecule has 368 valence electrons. The van der Waals surface area contributed by atoms with Gasteiger partial charge in [0.2, 0.25) is 47.3 Å². The minimum absolute atomic E-state index is 0.0764. The Morgan fingerprint density at radius 2 is 1.04 bits per heavy atom. The van der Waals surface area contributed by atoms with Crippen molar-refractivity contribution in [2.75, 3.05) is 12.0 Å². The number of aromatic nitrogens is 2. The van der Waals surface area contributed by atoms with Crippen LogP contribution in [0, 0.1) is 5.92 Å². The largest absolute Gasteiger partial charge is 0.480 e. The topological polar surface area (TPSA) is 376 Å².